The number of hydrogen-bond donors (Lipinski definition) is 1. The lowest BCUT2D eigenvalue weighted by Crippen LogP contribution is -2.06. The Bertz CT molecular complexity index is 424. The highest BCUT2D eigenvalue weighted by Gasteiger charge is 2.16. The van der Waals surface area contributed by atoms with Gasteiger partial charge in [0.1, 0.15) is 5.56 Å². The van der Waals surface area contributed by atoms with Crippen LogP contribution in [-0.4, -0.2) is 29.2 Å². The van der Waals surface area contributed by atoms with Crippen LogP contribution in [-0.2, 0) is 0 Å². The van der Waals surface area contributed by atoms with Crippen LogP contribution in [0, 0.1) is 0 Å². The van der Waals surface area contributed by atoms with Crippen molar-refractivity contribution in [3.05, 3.63) is 27.7 Å². The number of rotatable bonds is 7. The third-order valence-electron chi connectivity index (χ3n) is 2.12. The molecule has 0 aliphatic heterocycles. The molecule has 1 aromatic rings. The minimum Gasteiger partial charge on any atom is -0.491 e. The second-order valence-electron chi connectivity index (χ2n) is 3.47. The fourth-order valence-corrected chi connectivity index (χ4v) is 2.50. The van der Waals surface area contributed by atoms with Crippen LogP contribution >= 0.6 is 35.0 Å². The Morgan fingerprint density at radius 3 is 2.78 bits per heavy atom. The quantitative estimate of drug-likeness (QED) is 0.766. The van der Waals surface area contributed by atoms with Crippen LogP contribution in [0.15, 0.2) is 12.1 Å². The Kier molecular flexibility index (Phi) is 6.68. The molecule has 0 spiro atoms. The first kappa shape index (κ1) is 15.5. The van der Waals surface area contributed by atoms with E-state index in [4.69, 9.17) is 33.0 Å². The zero-order valence-electron chi connectivity index (χ0n) is 9.91. The van der Waals surface area contributed by atoms with Gasteiger partial charge in [-0.05, 0) is 30.1 Å². The fraction of sp³-hybridized carbons (Fsp3) is 0.417. The number of ether oxygens (including phenoxy) is 1. The van der Waals surface area contributed by atoms with Gasteiger partial charge in [0.25, 0.3) is 0 Å². The van der Waals surface area contributed by atoms with E-state index in [1.54, 1.807) is 0 Å². The molecule has 0 unspecified atom stereocenters. The van der Waals surface area contributed by atoms with E-state index in [9.17, 15) is 4.79 Å². The number of hydrogen-bond acceptors (Lipinski definition) is 3. The molecule has 18 heavy (non-hydrogen) atoms. The first-order valence-corrected chi connectivity index (χ1v) is 7.40. The van der Waals surface area contributed by atoms with Gasteiger partial charge in [-0.25, -0.2) is 4.79 Å². The highest BCUT2D eigenvalue weighted by Crippen LogP contribution is 2.32. The molecular formula is C12H14Cl2O3S. The van der Waals surface area contributed by atoms with Gasteiger partial charge in [0, 0.05) is 5.02 Å². The summed E-state index contributed by atoms with van der Waals surface area (Å²) in [7, 11) is 0. The minimum absolute atomic E-state index is 0.00403. The van der Waals surface area contributed by atoms with Crippen LogP contribution in [0.2, 0.25) is 10.0 Å². The van der Waals surface area contributed by atoms with Crippen LogP contribution in [0.25, 0.3) is 0 Å². The zero-order chi connectivity index (χ0) is 13.5. The van der Waals surface area contributed by atoms with E-state index in [0.717, 1.165) is 17.9 Å². The summed E-state index contributed by atoms with van der Waals surface area (Å²) in [6.45, 7) is 2.53. The van der Waals surface area contributed by atoms with Gasteiger partial charge >= 0.3 is 5.97 Å². The van der Waals surface area contributed by atoms with Crippen LogP contribution in [0.3, 0.4) is 0 Å². The molecule has 0 amide bonds. The van der Waals surface area contributed by atoms with Crippen molar-refractivity contribution in [1.29, 1.82) is 0 Å². The Morgan fingerprint density at radius 1 is 1.44 bits per heavy atom. The van der Waals surface area contributed by atoms with Crippen molar-refractivity contribution in [2.24, 2.45) is 0 Å². The third-order valence-corrected chi connectivity index (χ3v) is 3.61. The highest BCUT2D eigenvalue weighted by atomic mass is 35.5. The molecule has 6 heteroatoms. The molecule has 3 nitrogen and oxygen atoms in total. The van der Waals surface area contributed by atoms with Gasteiger partial charge in [0.05, 0.1) is 11.6 Å². The highest BCUT2D eigenvalue weighted by molar-refractivity contribution is 7.99. The predicted octanol–water partition coefficient (Wildman–Crippen LogP) is 4.21. The lowest BCUT2D eigenvalue weighted by Gasteiger charge is -2.11. The monoisotopic (exact) mass is 308 g/mol. The van der Waals surface area contributed by atoms with Crippen LogP contribution < -0.4 is 4.74 Å². The molecule has 1 aromatic carbocycles. The van der Waals surface area contributed by atoms with Crippen molar-refractivity contribution in [3.8, 4) is 5.75 Å². The average Bonchev–Trinajstić information content (AvgIpc) is 2.30. The van der Waals surface area contributed by atoms with Crippen molar-refractivity contribution in [3.63, 3.8) is 0 Å². The van der Waals surface area contributed by atoms with Crippen LogP contribution in [0.4, 0.5) is 0 Å². The number of benzene rings is 1. The molecule has 0 radical (unpaired) electrons. The molecule has 0 saturated carbocycles. The van der Waals surface area contributed by atoms with Gasteiger partial charge in [-0.3, -0.25) is 0 Å². The number of carbonyl (C=O) groups is 1. The van der Waals surface area contributed by atoms with Gasteiger partial charge < -0.3 is 9.84 Å². The van der Waals surface area contributed by atoms with E-state index in [0.29, 0.717) is 6.61 Å². The van der Waals surface area contributed by atoms with Gasteiger partial charge in [-0.2, -0.15) is 11.8 Å². The average molecular weight is 309 g/mol. The Labute approximate surface area is 120 Å². The van der Waals surface area contributed by atoms with Crippen molar-refractivity contribution in [2.45, 2.75) is 13.3 Å². The predicted molar refractivity (Wildman–Crippen MR) is 76.5 cm³/mol. The first-order chi connectivity index (χ1) is 8.56. The van der Waals surface area contributed by atoms with E-state index < -0.39 is 5.97 Å². The van der Waals surface area contributed by atoms with E-state index in [-0.39, 0.29) is 21.4 Å². The standard InChI is InChI=1S/C12H14Cl2O3S/c1-2-18-5-3-4-17-11-9(12(15)16)6-8(13)7-10(11)14/h6-7H,2-5H2,1H3,(H,15,16). The molecule has 0 bridgehead atoms. The molecule has 1 rings (SSSR count). The first-order valence-electron chi connectivity index (χ1n) is 5.49. The second-order valence-corrected chi connectivity index (χ2v) is 5.71. The molecule has 0 saturated heterocycles. The topological polar surface area (TPSA) is 46.5 Å². The zero-order valence-corrected chi connectivity index (χ0v) is 12.2. The normalized spacial score (nSPS) is 10.4. The van der Waals surface area contributed by atoms with Gasteiger partial charge in [-0.15, -0.1) is 0 Å². The summed E-state index contributed by atoms with van der Waals surface area (Å²) in [6, 6.07) is 2.82. The van der Waals surface area contributed by atoms with Gasteiger partial charge in [0.2, 0.25) is 0 Å². The minimum atomic E-state index is -1.10. The summed E-state index contributed by atoms with van der Waals surface area (Å²) in [5.74, 6) is 1.12. The van der Waals surface area contributed by atoms with Crippen LogP contribution in [0.1, 0.15) is 23.7 Å². The summed E-state index contributed by atoms with van der Waals surface area (Å²) in [6.07, 6.45) is 0.844. The lowest BCUT2D eigenvalue weighted by molar-refractivity contribution is 0.0692. The van der Waals surface area contributed by atoms with E-state index in [2.05, 4.69) is 6.92 Å². The molecule has 0 atom stereocenters. The maximum absolute atomic E-state index is 11.1. The van der Waals surface area contributed by atoms with E-state index in [1.165, 1.54) is 12.1 Å². The summed E-state index contributed by atoms with van der Waals surface area (Å²) in [4.78, 5) is 11.1. The fourth-order valence-electron chi connectivity index (χ4n) is 1.35. The van der Waals surface area contributed by atoms with Crippen molar-refractivity contribution < 1.29 is 14.6 Å². The smallest absolute Gasteiger partial charge is 0.339 e. The van der Waals surface area contributed by atoms with E-state index >= 15 is 0 Å². The maximum atomic E-state index is 11.1. The molecular weight excluding hydrogens is 295 g/mol. The summed E-state index contributed by atoms with van der Waals surface area (Å²) >= 11 is 13.5. The number of thioether (sulfide) groups is 1. The Morgan fingerprint density at radius 2 is 2.17 bits per heavy atom. The SMILES string of the molecule is CCSCCCOc1c(Cl)cc(Cl)cc1C(=O)O. The molecule has 0 aliphatic carbocycles. The number of carboxylic acid groups (broad SMARTS) is 1. The molecule has 0 aliphatic rings. The van der Waals surface area contributed by atoms with Crippen LogP contribution in [0.5, 0.6) is 5.75 Å². The lowest BCUT2D eigenvalue weighted by atomic mass is 10.2. The Hall–Kier alpha value is -0.580. The molecule has 0 heterocycles. The Balaban J connectivity index is 2.71. The largest absolute Gasteiger partial charge is 0.491 e. The van der Waals surface area contributed by atoms with Crippen molar-refractivity contribution in [2.75, 3.05) is 18.1 Å². The van der Waals surface area contributed by atoms with E-state index in [1.807, 2.05) is 11.8 Å². The molecule has 0 aromatic heterocycles. The molecule has 100 valence electrons. The number of aromatic carboxylic acids is 1. The molecule has 1 N–H and O–H groups in total. The summed E-state index contributed by atoms with van der Waals surface area (Å²) in [5.41, 5.74) is -0.00403. The van der Waals surface area contributed by atoms with Crippen molar-refractivity contribution in [1.82, 2.24) is 0 Å². The summed E-state index contributed by atoms with van der Waals surface area (Å²) < 4.78 is 5.45. The number of carboxylic acids is 1. The number of halogens is 2. The maximum Gasteiger partial charge on any atom is 0.339 e. The van der Waals surface area contributed by atoms with Gasteiger partial charge in [-0.1, -0.05) is 30.1 Å². The third kappa shape index (κ3) is 4.59. The second kappa shape index (κ2) is 7.77. The van der Waals surface area contributed by atoms with Crippen molar-refractivity contribution >= 4 is 40.9 Å². The van der Waals surface area contributed by atoms with Gasteiger partial charge in [0.15, 0.2) is 5.75 Å². The molecule has 0 fully saturated rings. The summed E-state index contributed by atoms with van der Waals surface area (Å²) in [5, 5.41) is 9.56.